The highest BCUT2D eigenvalue weighted by Crippen LogP contribution is 2.23. The van der Waals surface area contributed by atoms with E-state index in [1.165, 1.54) is 89.9 Å². The largest absolute Gasteiger partial charge is 0.481 e. The molecule has 0 aliphatic heterocycles. The van der Waals surface area contributed by atoms with E-state index < -0.39 is 12.1 Å². The Morgan fingerprint density at radius 1 is 0.629 bits per heavy atom. The molecule has 5 N–H and O–H groups in total. The van der Waals surface area contributed by atoms with Crippen LogP contribution in [-0.2, 0) is 14.3 Å². The summed E-state index contributed by atoms with van der Waals surface area (Å²) in [7, 11) is 0. The van der Waals surface area contributed by atoms with Crippen molar-refractivity contribution < 1.29 is 24.5 Å². The summed E-state index contributed by atoms with van der Waals surface area (Å²) in [5.41, 5.74) is 0. The molecule has 0 aliphatic rings. The fraction of sp³-hybridized carbons (Fsp3) is 0.931. The maximum Gasteiger partial charge on any atom is 0.305 e. The first-order chi connectivity index (χ1) is 16.5. The van der Waals surface area contributed by atoms with Gasteiger partial charge in [-0.1, -0.05) is 117 Å². The average Bonchev–Trinajstić information content (AvgIpc) is 2.82. The molecule has 35 heavy (non-hydrogen) atoms. The first-order valence-electron chi connectivity index (χ1n) is 14.6. The zero-order valence-electron chi connectivity index (χ0n) is 23.2. The molecule has 0 saturated heterocycles. The molecule has 0 radical (unpaired) electrons. The lowest BCUT2D eigenvalue weighted by Crippen LogP contribution is -2.27. The van der Waals surface area contributed by atoms with E-state index in [1.807, 2.05) is 0 Å². The molecule has 0 fully saturated rings. The van der Waals surface area contributed by atoms with Crippen LogP contribution in [0.5, 0.6) is 0 Å². The number of aliphatic hydroxyl groups excluding tert-OH is 1. The highest BCUT2D eigenvalue weighted by molar-refractivity contribution is 5.69. The monoisotopic (exact) mass is 501 g/mol. The smallest absolute Gasteiger partial charge is 0.305 e. The maximum absolute atomic E-state index is 11.9. The van der Waals surface area contributed by atoms with Gasteiger partial charge in [-0.15, -0.1) is 0 Å². The Balaban J connectivity index is 0. The zero-order chi connectivity index (χ0) is 25.3. The van der Waals surface area contributed by atoms with Crippen LogP contribution in [0.3, 0.4) is 0 Å². The van der Waals surface area contributed by atoms with Crippen molar-refractivity contribution in [2.24, 2.45) is 5.92 Å². The number of rotatable bonds is 26. The van der Waals surface area contributed by atoms with Gasteiger partial charge in [0.1, 0.15) is 6.61 Å². The molecule has 0 rings (SSSR count). The Labute approximate surface area is 216 Å². The summed E-state index contributed by atoms with van der Waals surface area (Å²) in [5, 5.41) is 19.4. The predicted molar refractivity (Wildman–Crippen MR) is 146 cm³/mol. The lowest BCUT2D eigenvalue weighted by atomic mass is 9.89. The number of aliphatic hydroxyl groups is 1. The van der Waals surface area contributed by atoms with Crippen LogP contribution in [-0.4, -0.2) is 34.9 Å². The second-order valence-electron chi connectivity index (χ2n) is 10.1. The minimum atomic E-state index is -0.839. The number of unbranched alkanes of at least 4 members (excludes halogenated alkanes) is 15. The fourth-order valence-electron chi connectivity index (χ4n) is 4.54. The summed E-state index contributed by atoms with van der Waals surface area (Å²) in [6, 6.07) is 0. The molecule has 210 valence electrons. The van der Waals surface area contributed by atoms with Crippen LogP contribution in [0.4, 0.5) is 0 Å². The number of carboxylic acid groups (broad SMARTS) is 1. The van der Waals surface area contributed by atoms with Crippen molar-refractivity contribution in [3.05, 3.63) is 0 Å². The van der Waals surface area contributed by atoms with Gasteiger partial charge in [0.25, 0.3) is 0 Å². The van der Waals surface area contributed by atoms with E-state index in [0.29, 0.717) is 12.8 Å². The highest BCUT2D eigenvalue weighted by atomic mass is 16.5. The van der Waals surface area contributed by atoms with Crippen LogP contribution in [0, 0.1) is 5.92 Å². The van der Waals surface area contributed by atoms with Crippen molar-refractivity contribution in [3.63, 3.8) is 0 Å². The molecule has 0 aromatic rings. The molecule has 0 aromatic carbocycles. The molecule has 6 nitrogen and oxygen atoms in total. The van der Waals surface area contributed by atoms with E-state index in [-0.39, 0.29) is 37.5 Å². The lowest BCUT2D eigenvalue weighted by molar-refractivity contribution is -0.148. The lowest BCUT2D eigenvalue weighted by Gasteiger charge is -2.23. The van der Waals surface area contributed by atoms with E-state index in [4.69, 9.17) is 9.84 Å². The number of esters is 1. The number of carboxylic acids is 1. The number of hydrogen-bond donors (Lipinski definition) is 3. The second-order valence-corrected chi connectivity index (χ2v) is 10.1. The van der Waals surface area contributed by atoms with Gasteiger partial charge in [-0.25, -0.2) is 0 Å². The summed E-state index contributed by atoms with van der Waals surface area (Å²) < 4.78 is 5.32. The van der Waals surface area contributed by atoms with E-state index in [1.54, 1.807) is 0 Å². The Morgan fingerprint density at radius 3 is 1.46 bits per heavy atom. The number of carbonyl (C=O) groups is 2. The highest BCUT2D eigenvalue weighted by Gasteiger charge is 2.20. The molecular weight excluding hydrogens is 442 g/mol. The normalized spacial score (nSPS) is 11.9. The summed E-state index contributed by atoms with van der Waals surface area (Å²) in [5.74, 6) is -0.976. The van der Waals surface area contributed by atoms with Crippen LogP contribution in [0.2, 0.25) is 0 Å². The van der Waals surface area contributed by atoms with E-state index in [2.05, 4.69) is 13.8 Å². The Hall–Kier alpha value is -1.14. The maximum atomic E-state index is 11.9. The third-order valence-electron chi connectivity index (χ3n) is 6.84. The van der Waals surface area contributed by atoms with Gasteiger partial charge < -0.3 is 21.1 Å². The van der Waals surface area contributed by atoms with Crippen molar-refractivity contribution in [2.75, 3.05) is 6.61 Å². The van der Waals surface area contributed by atoms with Crippen LogP contribution in [0.25, 0.3) is 0 Å². The molecule has 0 aromatic heterocycles. The van der Waals surface area contributed by atoms with Gasteiger partial charge >= 0.3 is 11.9 Å². The quantitative estimate of drug-likeness (QED) is 0.0808. The molecule has 0 spiro atoms. The number of hydrogen-bond acceptors (Lipinski definition) is 5. The molecule has 0 bridgehead atoms. The first-order valence-corrected chi connectivity index (χ1v) is 14.6. The third-order valence-corrected chi connectivity index (χ3v) is 6.84. The van der Waals surface area contributed by atoms with Crippen LogP contribution < -0.4 is 6.15 Å². The van der Waals surface area contributed by atoms with Gasteiger partial charge in [-0.2, -0.15) is 0 Å². The summed E-state index contributed by atoms with van der Waals surface area (Å²) in [4.78, 5) is 22.5. The van der Waals surface area contributed by atoms with Gasteiger partial charge in [-0.3, -0.25) is 9.59 Å². The van der Waals surface area contributed by atoms with E-state index in [9.17, 15) is 14.7 Å². The molecule has 0 aliphatic carbocycles. The standard InChI is InChI=1S/C29H56O5.H3N/c1-3-5-7-9-11-13-15-17-21-26(22-18-16-14-12-10-8-6-4-2)27(30)25-34-29(33)24-20-19-23-28(31)32;/h26-27,30H,3-25H2,1-2H3,(H,31,32);1H3. The Morgan fingerprint density at radius 2 is 1.03 bits per heavy atom. The van der Waals surface area contributed by atoms with Crippen LogP contribution >= 0.6 is 0 Å². The topological polar surface area (TPSA) is 119 Å². The van der Waals surface area contributed by atoms with Gasteiger partial charge in [0.2, 0.25) is 0 Å². The molecular formula is C29H59NO5. The fourth-order valence-corrected chi connectivity index (χ4v) is 4.54. The van der Waals surface area contributed by atoms with Gasteiger partial charge in [0.05, 0.1) is 6.10 Å². The second kappa shape index (κ2) is 27.4. The Kier molecular flexibility index (Phi) is 28.2. The minimum Gasteiger partial charge on any atom is -0.481 e. The molecule has 0 heterocycles. The summed E-state index contributed by atoms with van der Waals surface area (Å²) in [6.45, 7) is 4.56. The minimum absolute atomic E-state index is 0. The molecule has 6 heteroatoms. The zero-order valence-corrected chi connectivity index (χ0v) is 23.2. The van der Waals surface area contributed by atoms with Crippen LogP contribution in [0.15, 0.2) is 0 Å². The van der Waals surface area contributed by atoms with Crippen molar-refractivity contribution >= 4 is 11.9 Å². The van der Waals surface area contributed by atoms with Crippen molar-refractivity contribution in [1.82, 2.24) is 6.15 Å². The van der Waals surface area contributed by atoms with Gasteiger partial charge in [-0.05, 0) is 31.6 Å². The van der Waals surface area contributed by atoms with E-state index >= 15 is 0 Å². The molecule has 1 unspecified atom stereocenters. The first kappa shape index (κ1) is 36.0. The SMILES string of the molecule is CCCCCCCCCCC(CCCCCCCCCC)C(O)COC(=O)CCCCC(=O)O.N. The van der Waals surface area contributed by atoms with Gasteiger partial charge in [0.15, 0.2) is 0 Å². The van der Waals surface area contributed by atoms with Crippen molar-refractivity contribution in [3.8, 4) is 0 Å². The third kappa shape index (κ3) is 25.8. The molecule has 1 atom stereocenters. The van der Waals surface area contributed by atoms with E-state index in [0.717, 1.165) is 25.7 Å². The number of ether oxygens (including phenoxy) is 1. The molecule has 0 saturated carbocycles. The molecule has 0 amide bonds. The van der Waals surface area contributed by atoms with Crippen LogP contribution in [0.1, 0.15) is 155 Å². The summed E-state index contributed by atoms with van der Waals surface area (Å²) >= 11 is 0. The Bertz CT molecular complexity index is 452. The van der Waals surface area contributed by atoms with Crippen molar-refractivity contribution in [1.29, 1.82) is 0 Å². The summed E-state index contributed by atoms with van der Waals surface area (Å²) in [6.07, 6.45) is 23.2. The average molecular weight is 502 g/mol. The number of aliphatic carboxylic acids is 1. The van der Waals surface area contributed by atoms with Gasteiger partial charge in [0, 0.05) is 12.8 Å². The number of carbonyl (C=O) groups excluding carboxylic acids is 1. The predicted octanol–water partition coefficient (Wildman–Crippen LogP) is 8.38. The van der Waals surface area contributed by atoms with Crippen molar-refractivity contribution in [2.45, 2.75) is 161 Å².